The summed E-state index contributed by atoms with van der Waals surface area (Å²) in [5.74, 6) is -2.10. The van der Waals surface area contributed by atoms with Gasteiger partial charge in [-0.3, -0.25) is 9.59 Å². The summed E-state index contributed by atoms with van der Waals surface area (Å²) in [7, 11) is 0. The SMILES string of the molecule is CCC(C)OC(=O)[C@@H](N)C(N)C(=O)O. The predicted octanol–water partition coefficient (Wildman–Crippen LogP) is -0.933. The molecule has 0 aliphatic carbocycles. The van der Waals surface area contributed by atoms with Crippen LogP contribution in [0, 0.1) is 0 Å². The molecule has 0 radical (unpaired) electrons. The van der Waals surface area contributed by atoms with Crippen molar-refractivity contribution >= 4 is 11.9 Å². The maximum atomic E-state index is 11.2. The maximum Gasteiger partial charge on any atom is 0.325 e. The van der Waals surface area contributed by atoms with Gasteiger partial charge in [-0.2, -0.15) is 0 Å². The number of rotatable bonds is 5. The lowest BCUT2D eigenvalue weighted by molar-refractivity contribution is -0.154. The largest absolute Gasteiger partial charge is 0.480 e. The van der Waals surface area contributed by atoms with Gasteiger partial charge in [0.1, 0.15) is 12.1 Å². The maximum absolute atomic E-state index is 11.2. The lowest BCUT2D eigenvalue weighted by Crippen LogP contribution is -2.52. The summed E-state index contributed by atoms with van der Waals surface area (Å²) in [5, 5.41) is 8.48. The van der Waals surface area contributed by atoms with E-state index in [0.717, 1.165) is 0 Å². The molecular weight excluding hydrogens is 188 g/mol. The summed E-state index contributed by atoms with van der Waals surface area (Å²) in [6.07, 6.45) is 0.357. The van der Waals surface area contributed by atoms with Gasteiger partial charge >= 0.3 is 11.9 Å². The average Bonchev–Trinajstić information content (AvgIpc) is 2.14. The van der Waals surface area contributed by atoms with Gasteiger partial charge in [-0.15, -0.1) is 0 Å². The molecule has 0 aliphatic rings. The van der Waals surface area contributed by atoms with Crippen LogP contribution in [-0.4, -0.2) is 35.2 Å². The second-order valence-corrected chi connectivity index (χ2v) is 3.05. The van der Waals surface area contributed by atoms with E-state index < -0.39 is 24.0 Å². The molecule has 5 N–H and O–H groups in total. The fraction of sp³-hybridized carbons (Fsp3) is 0.750. The van der Waals surface area contributed by atoms with Crippen molar-refractivity contribution in [1.29, 1.82) is 0 Å². The lowest BCUT2D eigenvalue weighted by Gasteiger charge is -2.17. The molecule has 2 unspecified atom stereocenters. The molecule has 0 aromatic carbocycles. The Hall–Kier alpha value is -1.14. The molecule has 82 valence electrons. The first-order valence-electron chi connectivity index (χ1n) is 4.34. The van der Waals surface area contributed by atoms with E-state index in [1.165, 1.54) is 0 Å². The Bertz CT molecular complexity index is 219. The summed E-state index contributed by atoms with van der Waals surface area (Å²) in [6.45, 7) is 3.53. The number of hydrogen-bond donors (Lipinski definition) is 3. The summed E-state index contributed by atoms with van der Waals surface area (Å²) < 4.78 is 4.83. The minimum atomic E-state index is -1.42. The van der Waals surface area contributed by atoms with E-state index in [0.29, 0.717) is 6.42 Å². The molecule has 0 saturated carbocycles. The first-order chi connectivity index (χ1) is 6.40. The van der Waals surface area contributed by atoms with Crippen molar-refractivity contribution in [3.05, 3.63) is 0 Å². The van der Waals surface area contributed by atoms with Crippen LogP contribution in [0.3, 0.4) is 0 Å². The van der Waals surface area contributed by atoms with Crippen molar-refractivity contribution in [2.45, 2.75) is 38.5 Å². The topological polar surface area (TPSA) is 116 Å². The average molecular weight is 204 g/mol. The van der Waals surface area contributed by atoms with Crippen LogP contribution < -0.4 is 11.5 Å². The Morgan fingerprint density at radius 2 is 1.86 bits per heavy atom. The third kappa shape index (κ3) is 3.71. The third-order valence-electron chi connectivity index (χ3n) is 1.84. The molecule has 0 bridgehead atoms. The number of carbonyl (C=O) groups excluding carboxylic acids is 1. The number of hydrogen-bond acceptors (Lipinski definition) is 5. The Morgan fingerprint density at radius 3 is 2.21 bits per heavy atom. The van der Waals surface area contributed by atoms with Gasteiger partial charge in [-0.25, -0.2) is 0 Å². The number of aliphatic carboxylic acids is 1. The summed E-state index contributed by atoms with van der Waals surface area (Å²) in [6, 6.07) is -2.74. The van der Waals surface area contributed by atoms with Gasteiger partial charge in [0.25, 0.3) is 0 Å². The van der Waals surface area contributed by atoms with Crippen molar-refractivity contribution in [2.75, 3.05) is 0 Å². The Morgan fingerprint density at radius 1 is 1.36 bits per heavy atom. The molecule has 0 heterocycles. The fourth-order valence-electron chi connectivity index (χ4n) is 0.660. The quantitative estimate of drug-likeness (QED) is 0.498. The van der Waals surface area contributed by atoms with Crippen molar-refractivity contribution < 1.29 is 19.4 Å². The van der Waals surface area contributed by atoms with E-state index in [-0.39, 0.29) is 6.10 Å². The normalized spacial score (nSPS) is 16.9. The van der Waals surface area contributed by atoms with Crippen molar-refractivity contribution in [2.24, 2.45) is 11.5 Å². The van der Waals surface area contributed by atoms with Crippen molar-refractivity contribution in [3.63, 3.8) is 0 Å². The number of carboxylic acid groups (broad SMARTS) is 1. The van der Waals surface area contributed by atoms with Crippen LogP contribution >= 0.6 is 0 Å². The first kappa shape index (κ1) is 12.9. The van der Waals surface area contributed by atoms with Gasteiger partial charge in [0.15, 0.2) is 0 Å². The molecule has 14 heavy (non-hydrogen) atoms. The standard InChI is InChI=1S/C8H16N2O4/c1-3-4(2)14-8(13)6(10)5(9)7(11)12/h4-6H,3,9-10H2,1-2H3,(H,11,12)/t4?,5?,6-/m0/s1. The van der Waals surface area contributed by atoms with Crippen LogP contribution in [0.4, 0.5) is 0 Å². The molecule has 6 nitrogen and oxygen atoms in total. The minimum absolute atomic E-state index is 0.283. The summed E-state index contributed by atoms with van der Waals surface area (Å²) >= 11 is 0. The monoisotopic (exact) mass is 204 g/mol. The molecule has 3 atom stereocenters. The lowest BCUT2D eigenvalue weighted by atomic mass is 10.1. The number of carboxylic acids is 1. The van der Waals surface area contributed by atoms with Gasteiger partial charge in [0, 0.05) is 0 Å². The van der Waals surface area contributed by atoms with Crippen LogP contribution in [-0.2, 0) is 14.3 Å². The van der Waals surface area contributed by atoms with Crippen molar-refractivity contribution in [3.8, 4) is 0 Å². The molecule has 0 saturated heterocycles. The molecule has 0 fully saturated rings. The van der Waals surface area contributed by atoms with E-state index in [1.807, 2.05) is 6.92 Å². The van der Waals surface area contributed by atoms with Crippen LogP contribution in [0.15, 0.2) is 0 Å². The highest BCUT2D eigenvalue weighted by molar-refractivity contribution is 5.85. The zero-order valence-corrected chi connectivity index (χ0v) is 8.27. The third-order valence-corrected chi connectivity index (χ3v) is 1.84. The zero-order chi connectivity index (χ0) is 11.3. The van der Waals surface area contributed by atoms with Crippen LogP contribution in [0.2, 0.25) is 0 Å². The number of esters is 1. The second-order valence-electron chi connectivity index (χ2n) is 3.05. The highest BCUT2D eigenvalue weighted by Gasteiger charge is 2.29. The van der Waals surface area contributed by atoms with Crippen LogP contribution in [0.1, 0.15) is 20.3 Å². The molecule has 0 rings (SSSR count). The Balaban J connectivity index is 4.18. The molecule has 0 aromatic heterocycles. The molecule has 0 spiro atoms. The Labute approximate surface area is 82.2 Å². The first-order valence-corrected chi connectivity index (χ1v) is 4.34. The van der Waals surface area contributed by atoms with E-state index in [4.69, 9.17) is 21.3 Å². The van der Waals surface area contributed by atoms with Crippen molar-refractivity contribution in [1.82, 2.24) is 0 Å². The van der Waals surface area contributed by atoms with Gasteiger partial charge < -0.3 is 21.3 Å². The Kier molecular flexibility index (Phi) is 5.11. The second kappa shape index (κ2) is 5.56. The van der Waals surface area contributed by atoms with Gasteiger partial charge in [-0.1, -0.05) is 6.92 Å². The molecule has 6 heteroatoms. The van der Waals surface area contributed by atoms with Crippen LogP contribution in [0.25, 0.3) is 0 Å². The van der Waals surface area contributed by atoms with Gasteiger partial charge in [0.2, 0.25) is 0 Å². The molecule has 0 amide bonds. The zero-order valence-electron chi connectivity index (χ0n) is 8.27. The van der Waals surface area contributed by atoms with E-state index in [2.05, 4.69) is 0 Å². The number of nitrogens with two attached hydrogens (primary N) is 2. The van der Waals surface area contributed by atoms with E-state index >= 15 is 0 Å². The van der Waals surface area contributed by atoms with E-state index in [1.54, 1.807) is 6.92 Å². The highest BCUT2D eigenvalue weighted by Crippen LogP contribution is 2.00. The fourth-order valence-corrected chi connectivity index (χ4v) is 0.660. The smallest absolute Gasteiger partial charge is 0.325 e. The highest BCUT2D eigenvalue weighted by atomic mass is 16.5. The predicted molar refractivity (Wildman–Crippen MR) is 49.4 cm³/mol. The van der Waals surface area contributed by atoms with E-state index in [9.17, 15) is 9.59 Å². The van der Waals surface area contributed by atoms with Gasteiger partial charge in [-0.05, 0) is 13.3 Å². The number of ether oxygens (including phenoxy) is 1. The number of carbonyl (C=O) groups is 2. The molecular formula is C8H16N2O4. The summed E-state index contributed by atoms with van der Waals surface area (Å²) in [4.78, 5) is 21.6. The van der Waals surface area contributed by atoms with Crippen LogP contribution in [0.5, 0.6) is 0 Å². The van der Waals surface area contributed by atoms with Gasteiger partial charge in [0.05, 0.1) is 6.10 Å². The minimum Gasteiger partial charge on any atom is -0.480 e. The summed E-state index contributed by atoms with van der Waals surface area (Å²) in [5.41, 5.74) is 10.4. The molecule has 0 aromatic rings. The molecule has 0 aliphatic heterocycles.